The van der Waals surface area contributed by atoms with Gasteiger partial charge in [0.05, 0.1) is 12.5 Å². The fourth-order valence-electron chi connectivity index (χ4n) is 2.57. The number of aryl methyl sites for hydroxylation is 1. The molecule has 1 fully saturated rings. The molecule has 1 aliphatic heterocycles. The number of carboxylic acids is 1. The summed E-state index contributed by atoms with van der Waals surface area (Å²) >= 11 is 0. The summed E-state index contributed by atoms with van der Waals surface area (Å²) in [5.41, 5.74) is 0.836. The van der Waals surface area contributed by atoms with Gasteiger partial charge in [-0.05, 0) is 44.4 Å². The minimum absolute atomic E-state index is 0.156. The second-order valence-electron chi connectivity index (χ2n) is 5.40. The predicted molar refractivity (Wildman–Crippen MR) is 81.5 cm³/mol. The molecule has 122 valence electrons. The molecule has 1 heterocycles. The van der Waals surface area contributed by atoms with Crippen LogP contribution in [0.3, 0.4) is 0 Å². The Bertz CT molecular complexity index is 648. The van der Waals surface area contributed by atoms with Gasteiger partial charge in [0, 0.05) is 13.1 Å². The zero-order chi connectivity index (χ0) is 16.3. The van der Waals surface area contributed by atoms with E-state index in [2.05, 4.69) is 0 Å². The topological polar surface area (TPSA) is 83.9 Å². The van der Waals surface area contributed by atoms with Crippen molar-refractivity contribution in [3.8, 4) is 5.75 Å². The summed E-state index contributed by atoms with van der Waals surface area (Å²) in [6, 6.07) is 5.07. The number of rotatable bonds is 5. The normalized spacial score (nSPS) is 17.4. The van der Waals surface area contributed by atoms with E-state index in [1.807, 2.05) is 6.92 Å². The second kappa shape index (κ2) is 6.66. The molecule has 2 rings (SSSR count). The number of carbonyl (C=O) groups is 1. The van der Waals surface area contributed by atoms with Crippen molar-refractivity contribution in [1.29, 1.82) is 0 Å². The van der Waals surface area contributed by atoms with Crippen molar-refractivity contribution in [2.24, 2.45) is 5.92 Å². The monoisotopic (exact) mass is 327 g/mol. The van der Waals surface area contributed by atoms with Crippen LogP contribution < -0.4 is 4.74 Å². The average Bonchev–Trinajstić information content (AvgIpc) is 2.49. The van der Waals surface area contributed by atoms with Crippen LogP contribution in [0.2, 0.25) is 0 Å². The van der Waals surface area contributed by atoms with Crippen molar-refractivity contribution in [2.75, 3.05) is 19.7 Å². The molecule has 6 nitrogen and oxygen atoms in total. The van der Waals surface area contributed by atoms with Crippen molar-refractivity contribution in [3.05, 3.63) is 23.8 Å². The maximum absolute atomic E-state index is 12.8. The summed E-state index contributed by atoms with van der Waals surface area (Å²) in [7, 11) is -3.67. The van der Waals surface area contributed by atoms with Gasteiger partial charge in [0.2, 0.25) is 10.0 Å². The summed E-state index contributed by atoms with van der Waals surface area (Å²) in [6.07, 6.45) is 0.675. The first kappa shape index (κ1) is 16.8. The highest BCUT2D eigenvalue weighted by Crippen LogP contribution is 2.30. The van der Waals surface area contributed by atoms with E-state index in [1.54, 1.807) is 25.1 Å². The third kappa shape index (κ3) is 3.41. The lowest BCUT2D eigenvalue weighted by atomic mass is 9.99. The van der Waals surface area contributed by atoms with Crippen LogP contribution in [0, 0.1) is 12.8 Å². The molecule has 0 amide bonds. The van der Waals surface area contributed by atoms with Gasteiger partial charge in [0.15, 0.2) is 0 Å². The van der Waals surface area contributed by atoms with E-state index in [-0.39, 0.29) is 18.0 Å². The van der Waals surface area contributed by atoms with Crippen LogP contribution in [0.15, 0.2) is 23.1 Å². The standard InChI is InChI=1S/C15H21NO5S/c1-3-21-13-5-4-11(2)10-14(13)22(19,20)16-8-6-12(7-9-16)15(17)18/h4-5,10,12H,3,6-9H2,1-2H3,(H,17,18). The quantitative estimate of drug-likeness (QED) is 0.892. The molecule has 0 aromatic heterocycles. The van der Waals surface area contributed by atoms with Crippen molar-refractivity contribution in [3.63, 3.8) is 0 Å². The Morgan fingerprint density at radius 3 is 2.55 bits per heavy atom. The average molecular weight is 327 g/mol. The van der Waals surface area contributed by atoms with Gasteiger partial charge in [-0.25, -0.2) is 8.42 Å². The zero-order valence-electron chi connectivity index (χ0n) is 12.8. The van der Waals surface area contributed by atoms with E-state index in [9.17, 15) is 13.2 Å². The molecule has 0 unspecified atom stereocenters. The fraction of sp³-hybridized carbons (Fsp3) is 0.533. The second-order valence-corrected chi connectivity index (χ2v) is 7.31. The number of piperidine rings is 1. The lowest BCUT2D eigenvalue weighted by molar-refractivity contribution is -0.142. The number of carboxylic acid groups (broad SMARTS) is 1. The van der Waals surface area contributed by atoms with E-state index in [0.29, 0.717) is 25.2 Å². The van der Waals surface area contributed by atoms with Gasteiger partial charge in [-0.15, -0.1) is 0 Å². The van der Waals surface area contributed by atoms with Gasteiger partial charge in [0.1, 0.15) is 10.6 Å². The Balaban J connectivity index is 2.28. The largest absolute Gasteiger partial charge is 0.492 e. The number of hydrogen-bond acceptors (Lipinski definition) is 4. The third-order valence-corrected chi connectivity index (χ3v) is 5.74. The number of nitrogens with zero attached hydrogens (tertiary/aromatic N) is 1. The molecule has 1 aliphatic rings. The molecule has 1 N–H and O–H groups in total. The summed E-state index contributed by atoms with van der Waals surface area (Å²) in [5, 5.41) is 9.01. The maximum atomic E-state index is 12.8. The van der Waals surface area contributed by atoms with Crippen LogP contribution in [0.4, 0.5) is 0 Å². The molecular weight excluding hydrogens is 306 g/mol. The zero-order valence-corrected chi connectivity index (χ0v) is 13.6. The highest BCUT2D eigenvalue weighted by Gasteiger charge is 2.33. The molecule has 0 atom stereocenters. The Morgan fingerprint density at radius 2 is 2.00 bits per heavy atom. The number of hydrogen-bond donors (Lipinski definition) is 1. The minimum atomic E-state index is -3.67. The van der Waals surface area contributed by atoms with Crippen molar-refractivity contribution in [1.82, 2.24) is 4.31 Å². The molecular formula is C15H21NO5S. The van der Waals surface area contributed by atoms with Crippen molar-refractivity contribution >= 4 is 16.0 Å². The summed E-state index contributed by atoms with van der Waals surface area (Å²) < 4.78 is 32.4. The lowest BCUT2D eigenvalue weighted by Gasteiger charge is -2.29. The van der Waals surface area contributed by atoms with Crippen molar-refractivity contribution in [2.45, 2.75) is 31.6 Å². The third-order valence-electron chi connectivity index (χ3n) is 3.82. The van der Waals surface area contributed by atoms with E-state index >= 15 is 0 Å². The van der Waals surface area contributed by atoms with E-state index in [1.165, 1.54) is 4.31 Å². The smallest absolute Gasteiger partial charge is 0.306 e. The van der Waals surface area contributed by atoms with E-state index in [4.69, 9.17) is 9.84 Å². The van der Waals surface area contributed by atoms with Crippen molar-refractivity contribution < 1.29 is 23.1 Å². The van der Waals surface area contributed by atoms with Gasteiger partial charge in [0.25, 0.3) is 0 Å². The summed E-state index contributed by atoms with van der Waals surface area (Å²) in [5.74, 6) is -0.980. The van der Waals surface area contributed by atoms with Crippen LogP contribution in [-0.4, -0.2) is 43.5 Å². The van der Waals surface area contributed by atoms with Crippen LogP contribution in [0.5, 0.6) is 5.75 Å². The Hall–Kier alpha value is -1.60. The number of aliphatic carboxylic acids is 1. The predicted octanol–water partition coefficient (Wildman–Crippen LogP) is 1.88. The Kier molecular flexibility index (Phi) is 5.08. The lowest BCUT2D eigenvalue weighted by Crippen LogP contribution is -2.40. The molecule has 0 aliphatic carbocycles. The van der Waals surface area contributed by atoms with Crippen LogP contribution in [-0.2, 0) is 14.8 Å². The van der Waals surface area contributed by atoms with Gasteiger partial charge in [-0.3, -0.25) is 4.79 Å². The van der Waals surface area contributed by atoms with Crippen LogP contribution >= 0.6 is 0 Å². The van der Waals surface area contributed by atoms with E-state index in [0.717, 1.165) is 5.56 Å². The van der Waals surface area contributed by atoms with Gasteiger partial charge >= 0.3 is 5.97 Å². The Labute approximate surface area is 130 Å². The molecule has 0 saturated carbocycles. The fourth-order valence-corrected chi connectivity index (χ4v) is 4.26. The van der Waals surface area contributed by atoms with Crippen LogP contribution in [0.1, 0.15) is 25.3 Å². The van der Waals surface area contributed by atoms with Gasteiger partial charge in [-0.1, -0.05) is 6.07 Å². The first-order chi connectivity index (χ1) is 10.4. The molecule has 7 heteroatoms. The molecule has 22 heavy (non-hydrogen) atoms. The summed E-state index contributed by atoms with van der Waals surface area (Å²) in [6.45, 7) is 4.45. The highest BCUT2D eigenvalue weighted by atomic mass is 32.2. The molecule has 0 bridgehead atoms. The minimum Gasteiger partial charge on any atom is -0.492 e. The van der Waals surface area contributed by atoms with Gasteiger partial charge in [-0.2, -0.15) is 4.31 Å². The highest BCUT2D eigenvalue weighted by molar-refractivity contribution is 7.89. The number of ether oxygens (including phenoxy) is 1. The summed E-state index contributed by atoms with van der Waals surface area (Å²) in [4.78, 5) is 11.1. The van der Waals surface area contributed by atoms with E-state index < -0.39 is 21.9 Å². The van der Waals surface area contributed by atoms with Crippen LogP contribution in [0.25, 0.3) is 0 Å². The molecule has 1 aromatic carbocycles. The Morgan fingerprint density at radius 1 is 1.36 bits per heavy atom. The molecule has 0 spiro atoms. The SMILES string of the molecule is CCOc1ccc(C)cc1S(=O)(=O)N1CCC(C(=O)O)CC1. The molecule has 0 radical (unpaired) electrons. The first-order valence-electron chi connectivity index (χ1n) is 7.32. The molecule has 1 saturated heterocycles. The first-order valence-corrected chi connectivity index (χ1v) is 8.76. The number of benzene rings is 1. The maximum Gasteiger partial charge on any atom is 0.306 e. The van der Waals surface area contributed by atoms with Gasteiger partial charge < -0.3 is 9.84 Å². The number of sulfonamides is 1. The molecule has 1 aromatic rings.